The van der Waals surface area contributed by atoms with E-state index < -0.39 is 28.3 Å². The molecule has 4 nitrogen and oxygen atoms in total. The second-order valence-electron chi connectivity index (χ2n) is 8.82. The molecule has 1 rings (SSSR count). The largest absolute Gasteiger partial charge is 0.488 e. The van der Waals surface area contributed by atoms with Crippen LogP contribution in [0.25, 0.3) is 0 Å². The van der Waals surface area contributed by atoms with Crippen LogP contribution in [0.15, 0.2) is 29.2 Å². The molecular weight excluding hydrogens is 374 g/mol. The number of rotatable bonds is 11. The first kappa shape index (κ1) is 23.8. The molecule has 0 N–H and O–H groups in total. The van der Waals surface area contributed by atoms with Gasteiger partial charge >= 0.3 is 0 Å². The minimum absolute atomic E-state index is 0.0302. The summed E-state index contributed by atoms with van der Waals surface area (Å²) in [5.74, 6) is 0.0992. The van der Waals surface area contributed by atoms with Gasteiger partial charge in [0.25, 0.3) is 6.43 Å². The summed E-state index contributed by atoms with van der Waals surface area (Å²) < 4.78 is 60.5. The van der Waals surface area contributed by atoms with E-state index in [0.717, 1.165) is 6.42 Å². The molecule has 0 heterocycles. The van der Waals surface area contributed by atoms with Crippen molar-refractivity contribution < 1.29 is 26.7 Å². The van der Waals surface area contributed by atoms with E-state index in [-0.39, 0.29) is 21.8 Å². The van der Waals surface area contributed by atoms with E-state index in [2.05, 4.69) is 20.8 Å². The summed E-state index contributed by atoms with van der Waals surface area (Å²) in [7, 11) is -3.55. The number of hydrogen-bond donors (Lipinski definition) is 0. The molecule has 0 aliphatic rings. The molecule has 7 heteroatoms. The Balaban J connectivity index is 2.63. The standard InChI is InChI=1S/C20H32F2O4S/c1-19(2,3)14-25-11-7-10-20(4,5)15-27(23,24)17-9-6-8-16(12-17)26-13-18(21)22/h6,8-9,12,18H,7,10-11,13-15H2,1-5H3. The average Bonchev–Trinajstić information content (AvgIpc) is 2.50. The fraction of sp³-hybridized carbons (Fsp3) is 0.700. The van der Waals surface area contributed by atoms with Gasteiger partial charge in [-0.2, -0.15) is 0 Å². The molecule has 0 aromatic heterocycles. The van der Waals surface area contributed by atoms with Crippen LogP contribution in [0.5, 0.6) is 5.75 Å². The average molecular weight is 407 g/mol. The lowest BCUT2D eigenvalue weighted by Crippen LogP contribution is -2.25. The molecule has 0 bridgehead atoms. The van der Waals surface area contributed by atoms with Gasteiger partial charge in [-0.15, -0.1) is 0 Å². The third-order valence-corrected chi connectivity index (χ3v) is 5.93. The predicted octanol–water partition coefficient (Wildman–Crippen LogP) is 4.97. The van der Waals surface area contributed by atoms with Gasteiger partial charge in [0, 0.05) is 6.61 Å². The Bertz CT molecular complexity index is 679. The van der Waals surface area contributed by atoms with Gasteiger partial charge in [-0.05, 0) is 41.9 Å². The van der Waals surface area contributed by atoms with Crippen molar-refractivity contribution in [3.63, 3.8) is 0 Å². The number of ether oxygens (including phenoxy) is 2. The molecule has 0 spiro atoms. The Morgan fingerprint density at radius 3 is 2.37 bits per heavy atom. The summed E-state index contributed by atoms with van der Waals surface area (Å²) in [4.78, 5) is 0.0892. The van der Waals surface area contributed by atoms with Crippen molar-refractivity contribution in [1.29, 1.82) is 0 Å². The SMILES string of the molecule is CC(C)(C)COCCCC(C)(C)CS(=O)(=O)c1cccc(OCC(F)F)c1. The molecule has 27 heavy (non-hydrogen) atoms. The number of hydrogen-bond acceptors (Lipinski definition) is 4. The van der Waals surface area contributed by atoms with Crippen molar-refractivity contribution in [3.8, 4) is 5.75 Å². The first-order chi connectivity index (χ1) is 12.3. The second-order valence-corrected chi connectivity index (χ2v) is 10.8. The van der Waals surface area contributed by atoms with E-state index in [4.69, 9.17) is 9.47 Å². The second kappa shape index (κ2) is 9.82. The lowest BCUT2D eigenvalue weighted by Gasteiger charge is -2.25. The summed E-state index contributed by atoms with van der Waals surface area (Å²) in [6.45, 7) is 10.6. The monoisotopic (exact) mass is 406 g/mol. The van der Waals surface area contributed by atoms with Crippen molar-refractivity contribution in [3.05, 3.63) is 24.3 Å². The molecule has 156 valence electrons. The summed E-state index contributed by atoms with van der Waals surface area (Å²) in [6.07, 6.45) is -1.13. The molecule has 0 saturated carbocycles. The number of sulfone groups is 1. The van der Waals surface area contributed by atoms with Gasteiger partial charge < -0.3 is 9.47 Å². The van der Waals surface area contributed by atoms with Crippen LogP contribution < -0.4 is 4.74 Å². The van der Waals surface area contributed by atoms with Gasteiger partial charge in [-0.25, -0.2) is 17.2 Å². The highest BCUT2D eigenvalue weighted by Crippen LogP contribution is 2.29. The van der Waals surface area contributed by atoms with Crippen molar-refractivity contribution >= 4 is 9.84 Å². The van der Waals surface area contributed by atoms with Crippen molar-refractivity contribution in [2.75, 3.05) is 25.6 Å². The topological polar surface area (TPSA) is 52.6 Å². The highest BCUT2D eigenvalue weighted by atomic mass is 32.2. The van der Waals surface area contributed by atoms with Crippen LogP contribution in [0.4, 0.5) is 8.78 Å². The fourth-order valence-electron chi connectivity index (χ4n) is 2.62. The molecule has 1 aromatic rings. The van der Waals surface area contributed by atoms with Crippen LogP contribution >= 0.6 is 0 Å². The summed E-state index contributed by atoms with van der Waals surface area (Å²) in [6, 6.07) is 5.74. The Morgan fingerprint density at radius 2 is 1.78 bits per heavy atom. The van der Waals surface area contributed by atoms with Crippen LogP contribution in [0.3, 0.4) is 0 Å². The van der Waals surface area contributed by atoms with E-state index in [9.17, 15) is 17.2 Å². The minimum Gasteiger partial charge on any atom is -0.488 e. The van der Waals surface area contributed by atoms with E-state index >= 15 is 0 Å². The van der Waals surface area contributed by atoms with E-state index in [1.807, 2.05) is 13.8 Å². The zero-order valence-electron chi connectivity index (χ0n) is 16.9. The number of alkyl halides is 2. The lowest BCUT2D eigenvalue weighted by atomic mass is 9.90. The molecule has 0 amide bonds. The van der Waals surface area contributed by atoms with Crippen molar-refractivity contribution in [2.24, 2.45) is 10.8 Å². The molecule has 0 saturated heterocycles. The van der Waals surface area contributed by atoms with Gasteiger partial charge in [-0.3, -0.25) is 0 Å². The van der Waals surface area contributed by atoms with E-state index in [1.54, 1.807) is 0 Å². The van der Waals surface area contributed by atoms with Gasteiger partial charge in [0.2, 0.25) is 0 Å². The molecule has 0 fully saturated rings. The van der Waals surface area contributed by atoms with Gasteiger partial charge in [0.05, 0.1) is 17.3 Å². The van der Waals surface area contributed by atoms with Crippen LogP contribution in [-0.4, -0.2) is 40.4 Å². The normalized spacial score (nSPS) is 13.2. The molecule has 0 unspecified atom stereocenters. The van der Waals surface area contributed by atoms with Crippen LogP contribution in [-0.2, 0) is 14.6 Å². The van der Waals surface area contributed by atoms with Gasteiger partial charge in [0.15, 0.2) is 9.84 Å². The zero-order valence-corrected chi connectivity index (χ0v) is 17.7. The third kappa shape index (κ3) is 10.1. The maximum absolute atomic E-state index is 12.7. The van der Waals surface area contributed by atoms with Crippen molar-refractivity contribution in [2.45, 2.75) is 58.8 Å². The molecule has 0 radical (unpaired) electrons. The molecular formula is C20H32F2O4S. The molecule has 0 aliphatic heterocycles. The highest BCUT2D eigenvalue weighted by Gasteiger charge is 2.27. The highest BCUT2D eigenvalue weighted by molar-refractivity contribution is 7.91. The Labute approximate surface area is 162 Å². The van der Waals surface area contributed by atoms with Gasteiger partial charge in [-0.1, -0.05) is 40.7 Å². The first-order valence-corrected chi connectivity index (χ1v) is 10.8. The van der Waals surface area contributed by atoms with E-state index in [1.165, 1.54) is 24.3 Å². The third-order valence-electron chi connectivity index (χ3n) is 3.80. The summed E-state index contributed by atoms with van der Waals surface area (Å²) >= 11 is 0. The Morgan fingerprint density at radius 1 is 1.11 bits per heavy atom. The summed E-state index contributed by atoms with van der Waals surface area (Å²) in [5.41, 5.74) is -0.319. The lowest BCUT2D eigenvalue weighted by molar-refractivity contribution is 0.0649. The predicted molar refractivity (Wildman–Crippen MR) is 103 cm³/mol. The van der Waals surface area contributed by atoms with Crippen molar-refractivity contribution in [1.82, 2.24) is 0 Å². The Kier molecular flexibility index (Phi) is 8.67. The molecule has 1 aromatic carbocycles. The van der Waals surface area contributed by atoms with Crippen LogP contribution in [0, 0.1) is 10.8 Å². The maximum Gasteiger partial charge on any atom is 0.272 e. The summed E-state index contributed by atoms with van der Waals surface area (Å²) in [5, 5.41) is 0. The van der Waals surface area contributed by atoms with E-state index in [0.29, 0.717) is 19.6 Å². The fourth-order valence-corrected chi connectivity index (χ4v) is 4.54. The van der Waals surface area contributed by atoms with Crippen LogP contribution in [0.1, 0.15) is 47.5 Å². The quantitative estimate of drug-likeness (QED) is 0.487. The maximum atomic E-state index is 12.7. The zero-order chi connectivity index (χ0) is 20.7. The Hall–Kier alpha value is -1.21. The number of benzene rings is 1. The first-order valence-electron chi connectivity index (χ1n) is 9.12. The molecule has 0 aliphatic carbocycles. The smallest absolute Gasteiger partial charge is 0.272 e. The molecule has 0 atom stereocenters. The van der Waals surface area contributed by atoms with Crippen LogP contribution in [0.2, 0.25) is 0 Å². The number of halogens is 2. The van der Waals surface area contributed by atoms with Gasteiger partial charge in [0.1, 0.15) is 12.4 Å². The minimum atomic E-state index is -3.55.